The maximum atomic E-state index is 12.6. The average molecular weight is 406 g/mol. The Hall–Kier alpha value is -2.94. The minimum absolute atomic E-state index is 0.114. The number of nitrogens with one attached hydrogen (secondary N) is 1. The molecule has 0 aliphatic heterocycles. The van der Waals surface area contributed by atoms with Gasteiger partial charge in [-0.2, -0.15) is 0 Å². The highest BCUT2D eigenvalue weighted by molar-refractivity contribution is 7.90. The predicted molar refractivity (Wildman–Crippen MR) is 106 cm³/mol. The molecule has 0 fully saturated rings. The Balaban J connectivity index is 2.27. The highest BCUT2D eigenvalue weighted by Crippen LogP contribution is 2.24. The van der Waals surface area contributed by atoms with Gasteiger partial charge in [-0.1, -0.05) is 13.3 Å². The molecule has 8 nitrogen and oxygen atoms in total. The van der Waals surface area contributed by atoms with Gasteiger partial charge in [0.15, 0.2) is 9.84 Å². The summed E-state index contributed by atoms with van der Waals surface area (Å²) in [6, 6.07) is 8.26. The molecule has 1 amide bonds. The SMILES string of the molecule is CCCCOc1ccc(NC(=O)c2cc([N+](=O)[O-])cc(S(C)(=O)=O)c2)c(C)c1. The van der Waals surface area contributed by atoms with Crippen LogP contribution in [0, 0.1) is 17.0 Å². The molecule has 0 bridgehead atoms. The van der Waals surface area contributed by atoms with Gasteiger partial charge in [-0.05, 0) is 43.2 Å². The molecule has 0 aliphatic carbocycles. The number of aryl methyl sites for hydroxylation is 1. The van der Waals surface area contributed by atoms with Crippen LogP contribution >= 0.6 is 0 Å². The summed E-state index contributed by atoms with van der Waals surface area (Å²) < 4.78 is 29.2. The number of nitrogens with zero attached hydrogens (tertiary/aromatic N) is 1. The van der Waals surface area contributed by atoms with Crippen LogP contribution in [-0.2, 0) is 9.84 Å². The van der Waals surface area contributed by atoms with E-state index in [0.717, 1.165) is 42.9 Å². The lowest BCUT2D eigenvalue weighted by molar-refractivity contribution is -0.385. The van der Waals surface area contributed by atoms with Gasteiger partial charge in [0.25, 0.3) is 11.6 Å². The van der Waals surface area contributed by atoms with Crippen LogP contribution in [0.3, 0.4) is 0 Å². The van der Waals surface area contributed by atoms with E-state index < -0.39 is 26.4 Å². The molecule has 9 heteroatoms. The molecule has 0 saturated heterocycles. The molecule has 0 atom stereocenters. The molecular formula is C19H22N2O6S. The lowest BCUT2D eigenvalue weighted by Gasteiger charge is -2.12. The average Bonchev–Trinajstić information content (AvgIpc) is 2.63. The van der Waals surface area contributed by atoms with E-state index in [1.165, 1.54) is 0 Å². The Kier molecular flexibility index (Phi) is 6.74. The molecule has 0 radical (unpaired) electrons. The van der Waals surface area contributed by atoms with Crippen molar-refractivity contribution >= 4 is 27.1 Å². The second-order valence-electron chi connectivity index (χ2n) is 6.38. The van der Waals surface area contributed by atoms with Crippen molar-refractivity contribution in [1.29, 1.82) is 0 Å². The number of amides is 1. The van der Waals surface area contributed by atoms with Gasteiger partial charge in [0, 0.05) is 29.6 Å². The number of carbonyl (C=O) groups excluding carboxylic acids is 1. The molecule has 0 spiro atoms. The van der Waals surface area contributed by atoms with Crippen LogP contribution in [0.15, 0.2) is 41.3 Å². The second kappa shape index (κ2) is 8.83. The van der Waals surface area contributed by atoms with E-state index in [0.29, 0.717) is 18.0 Å². The maximum Gasteiger partial charge on any atom is 0.271 e. The van der Waals surface area contributed by atoms with Gasteiger partial charge >= 0.3 is 0 Å². The number of sulfone groups is 1. The molecule has 0 aliphatic rings. The van der Waals surface area contributed by atoms with Gasteiger partial charge in [0.2, 0.25) is 0 Å². The van der Waals surface area contributed by atoms with E-state index in [1.807, 2.05) is 0 Å². The van der Waals surface area contributed by atoms with Crippen molar-refractivity contribution in [2.75, 3.05) is 18.2 Å². The molecule has 28 heavy (non-hydrogen) atoms. The lowest BCUT2D eigenvalue weighted by atomic mass is 10.1. The Bertz CT molecular complexity index is 1000. The minimum atomic E-state index is -3.71. The highest BCUT2D eigenvalue weighted by atomic mass is 32.2. The molecule has 150 valence electrons. The fraction of sp³-hybridized carbons (Fsp3) is 0.316. The Morgan fingerprint density at radius 2 is 1.93 bits per heavy atom. The number of nitro benzene ring substituents is 1. The standard InChI is InChI=1S/C19H22N2O6S/c1-4-5-8-27-16-6-7-18(13(2)9-16)20-19(22)14-10-15(21(23)24)12-17(11-14)28(3,25)26/h6-7,9-12H,4-5,8H2,1-3H3,(H,20,22). The molecule has 2 aromatic rings. The Labute approximate surface area is 163 Å². The number of carbonyl (C=O) groups is 1. The summed E-state index contributed by atoms with van der Waals surface area (Å²) in [4.78, 5) is 22.6. The van der Waals surface area contributed by atoms with Crippen molar-refractivity contribution in [3.63, 3.8) is 0 Å². The highest BCUT2D eigenvalue weighted by Gasteiger charge is 2.19. The first-order valence-electron chi connectivity index (χ1n) is 8.66. The third kappa shape index (κ3) is 5.53. The number of unbranched alkanes of at least 4 members (excludes halogenated alkanes) is 1. The van der Waals surface area contributed by atoms with Gasteiger partial charge in [-0.3, -0.25) is 14.9 Å². The van der Waals surface area contributed by atoms with Crippen LogP contribution in [0.4, 0.5) is 11.4 Å². The lowest BCUT2D eigenvalue weighted by Crippen LogP contribution is -2.14. The quantitative estimate of drug-likeness (QED) is 0.406. The van der Waals surface area contributed by atoms with Crippen LogP contribution in [-0.4, -0.2) is 32.1 Å². The number of hydrogen-bond donors (Lipinski definition) is 1. The first-order chi connectivity index (χ1) is 13.1. The summed E-state index contributed by atoms with van der Waals surface area (Å²) in [5, 5.41) is 13.7. The molecule has 2 rings (SSSR count). The Morgan fingerprint density at radius 1 is 1.21 bits per heavy atom. The van der Waals surface area contributed by atoms with E-state index >= 15 is 0 Å². The predicted octanol–water partition coefficient (Wildman–Crippen LogP) is 3.74. The zero-order valence-electron chi connectivity index (χ0n) is 15.9. The van der Waals surface area contributed by atoms with E-state index in [-0.39, 0.29) is 10.5 Å². The summed E-state index contributed by atoms with van der Waals surface area (Å²) in [6.45, 7) is 4.46. The smallest absolute Gasteiger partial charge is 0.271 e. The van der Waals surface area contributed by atoms with Gasteiger partial charge in [0.1, 0.15) is 5.75 Å². The van der Waals surface area contributed by atoms with Gasteiger partial charge in [-0.15, -0.1) is 0 Å². The molecule has 0 saturated carbocycles. The fourth-order valence-electron chi connectivity index (χ4n) is 2.43. The second-order valence-corrected chi connectivity index (χ2v) is 8.39. The fourth-order valence-corrected chi connectivity index (χ4v) is 3.10. The summed E-state index contributed by atoms with van der Waals surface area (Å²) in [5.74, 6) is 0.0370. The summed E-state index contributed by atoms with van der Waals surface area (Å²) in [7, 11) is -3.71. The van der Waals surface area contributed by atoms with E-state index in [2.05, 4.69) is 12.2 Å². The zero-order chi connectivity index (χ0) is 20.9. The van der Waals surface area contributed by atoms with Crippen molar-refractivity contribution in [2.45, 2.75) is 31.6 Å². The van der Waals surface area contributed by atoms with Crippen molar-refractivity contribution in [2.24, 2.45) is 0 Å². The number of ether oxygens (including phenoxy) is 1. The molecule has 2 aromatic carbocycles. The number of nitro groups is 1. The van der Waals surface area contributed by atoms with E-state index in [4.69, 9.17) is 4.74 Å². The van der Waals surface area contributed by atoms with Crippen LogP contribution in [0.2, 0.25) is 0 Å². The maximum absolute atomic E-state index is 12.6. The number of rotatable bonds is 8. The van der Waals surface area contributed by atoms with Gasteiger partial charge in [-0.25, -0.2) is 8.42 Å². The van der Waals surface area contributed by atoms with Gasteiger partial charge in [0.05, 0.1) is 16.4 Å². The topological polar surface area (TPSA) is 116 Å². The van der Waals surface area contributed by atoms with Crippen molar-refractivity contribution in [3.05, 3.63) is 57.6 Å². The Morgan fingerprint density at radius 3 is 2.50 bits per heavy atom. The van der Waals surface area contributed by atoms with Crippen LogP contribution in [0.25, 0.3) is 0 Å². The first kappa shape index (κ1) is 21.4. The number of non-ortho nitro benzene ring substituents is 1. The van der Waals surface area contributed by atoms with E-state index in [1.54, 1.807) is 25.1 Å². The molecule has 0 unspecified atom stereocenters. The third-order valence-corrected chi connectivity index (χ3v) is 5.10. The van der Waals surface area contributed by atoms with E-state index in [9.17, 15) is 23.3 Å². The number of benzene rings is 2. The minimum Gasteiger partial charge on any atom is -0.494 e. The first-order valence-corrected chi connectivity index (χ1v) is 10.5. The normalized spacial score (nSPS) is 11.1. The summed E-state index contributed by atoms with van der Waals surface area (Å²) in [6.07, 6.45) is 2.88. The van der Waals surface area contributed by atoms with Gasteiger partial charge < -0.3 is 10.1 Å². The summed E-state index contributed by atoms with van der Waals surface area (Å²) >= 11 is 0. The number of hydrogen-bond acceptors (Lipinski definition) is 6. The van der Waals surface area contributed by atoms with Crippen molar-refractivity contribution < 1.29 is 22.9 Å². The van der Waals surface area contributed by atoms with Crippen LogP contribution < -0.4 is 10.1 Å². The molecule has 1 N–H and O–H groups in total. The van der Waals surface area contributed by atoms with Crippen molar-refractivity contribution in [1.82, 2.24) is 0 Å². The molecular weight excluding hydrogens is 384 g/mol. The van der Waals surface area contributed by atoms with Crippen LogP contribution in [0.1, 0.15) is 35.7 Å². The van der Waals surface area contributed by atoms with Crippen LogP contribution in [0.5, 0.6) is 5.75 Å². The molecule has 0 aromatic heterocycles. The molecule has 0 heterocycles. The largest absolute Gasteiger partial charge is 0.494 e. The summed E-state index contributed by atoms with van der Waals surface area (Å²) in [5.41, 5.74) is 0.665. The monoisotopic (exact) mass is 406 g/mol. The third-order valence-electron chi connectivity index (χ3n) is 4.01. The number of anilines is 1. The van der Waals surface area contributed by atoms with Crippen molar-refractivity contribution in [3.8, 4) is 5.75 Å². The zero-order valence-corrected chi connectivity index (χ0v) is 16.7.